The van der Waals surface area contributed by atoms with Crippen LogP contribution in [-0.2, 0) is 6.54 Å². The van der Waals surface area contributed by atoms with Crippen LogP contribution in [0.1, 0.15) is 24.2 Å². The van der Waals surface area contributed by atoms with Gasteiger partial charge in [-0.05, 0) is 39.7 Å². The van der Waals surface area contributed by atoms with E-state index >= 15 is 0 Å². The van der Waals surface area contributed by atoms with Gasteiger partial charge >= 0.3 is 0 Å². The Morgan fingerprint density at radius 2 is 2.29 bits per heavy atom. The van der Waals surface area contributed by atoms with Gasteiger partial charge in [0.15, 0.2) is 0 Å². The van der Waals surface area contributed by atoms with E-state index in [-0.39, 0.29) is 0 Å². The molecule has 14 heavy (non-hydrogen) atoms. The van der Waals surface area contributed by atoms with Crippen molar-refractivity contribution in [1.82, 2.24) is 14.9 Å². The number of nitrogens with one attached hydrogen (secondary N) is 1. The van der Waals surface area contributed by atoms with Crippen molar-refractivity contribution >= 4 is 0 Å². The fraction of sp³-hybridized carbons (Fsp3) is 0.727. The third kappa shape index (κ3) is 1.82. The largest absolute Gasteiger partial charge is 0.333 e. The van der Waals surface area contributed by atoms with E-state index in [9.17, 15) is 0 Å². The summed E-state index contributed by atoms with van der Waals surface area (Å²) < 4.78 is 2.26. The lowest BCUT2D eigenvalue weighted by molar-refractivity contribution is 0.432. The van der Waals surface area contributed by atoms with E-state index in [0.29, 0.717) is 6.04 Å². The van der Waals surface area contributed by atoms with Crippen molar-refractivity contribution in [1.29, 1.82) is 0 Å². The van der Waals surface area contributed by atoms with Gasteiger partial charge in [-0.2, -0.15) is 0 Å². The number of rotatable bonds is 4. The summed E-state index contributed by atoms with van der Waals surface area (Å²) in [6.07, 6.45) is 4.73. The van der Waals surface area contributed by atoms with Crippen LogP contribution >= 0.6 is 0 Å². The van der Waals surface area contributed by atoms with E-state index in [2.05, 4.69) is 35.8 Å². The summed E-state index contributed by atoms with van der Waals surface area (Å²) in [6, 6.07) is 0.627. The molecule has 0 saturated heterocycles. The van der Waals surface area contributed by atoms with Crippen molar-refractivity contribution < 1.29 is 0 Å². The molecule has 2 rings (SSSR count). The predicted octanol–water partition coefficient (Wildman–Crippen LogP) is 1.50. The maximum atomic E-state index is 4.32. The van der Waals surface area contributed by atoms with Gasteiger partial charge in [0.25, 0.3) is 0 Å². The van der Waals surface area contributed by atoms with Crippen LogP contribution in [0, 0.1) is 19.8 Å². The smallest absolute Gasteiger partial charge is 0.0951 e. The molecule has 0 aromatic carbocycles. The average molecular weight is 193 g/mol. The standard InChI is InChI=1S/C11H19N3/c1-8-9(2)14(7-13-8)6-11(12-3)10-4-5-10/h7,10-12H,4-6H2,1-3H3. The Morgan fingerprint density at radius 3 is 2.71 bits per heavy atom. The lowest BCUT2D eigenvalue weighted by atomic mass is 10.2. The predicted molar refractivity (Wildman–Crippen MR) is 57.3 cm³/mol. The van der Waals surface area contributed by atoms with Crippen molar-refractivity contribution in [3.05, 3.63) is 17.7 Å². The topological polar surface area (TPSA) is 29.9 Å². The van der Waals surface area contributed by atoms with Gasteiger partial charge in [-0.3, -0.25) is 0 Å². The van der Waals surface area contributed by atoms with Crippen LogP contribution in [-0.4, -0.2) is 22.6 Å². The summed E-state index contributed by atoms with van der Waals surface area (Å²) in [5.74, 6) is 0.891. The molecule has 3 nitrogen and oxygen atoms in total. The highest BCUT2D eigenvalue weighted by molar-refractivity contribution is 5.09. The minimum Gasteiger partial charge on any atom is -0.333 e. The summed E-state index contributed by atoms with van der Waals surface area (Å²) in [4.78, 5) is 4.32. The van der Waals surface area contributed by atoms with E-state index in [4.69, 9.17) is 0 Å². The van der Waals surface area contributed by atoms with Gasteiger partial charge in [0.1, 0.15) is 0 Å². The molecule has 0 amide bonds. The average Bonchev–Trinajstić information content (AvgIpc) is 2.96. The van der Waals surface area contributed by atoms with Gasteiger partial charge < -0.3 is 9.88 Å². The highest BCUT2D eigenvalue weighted by Gasteiger charge is 2.30. The second-order valence-corrected chi connectivity index (χ2v) is 4.30. The molecule has 1 aromatic heterocycles. The minimum absolute atomic E-state index is 0.627. The fourth-order valence-electron chi connectivity index (χ4n) is 1.91. The quantitative estimate of drug-likeness (QED) is 0.785. The van der Waals surface area contributed by atoms with Gasteiger partial charge in [0.05, 0.1) is 12.0 Å². The molecule has 0 aliphatic heterocycles. The Bertz CT molecular complexity index is 312. The molecule has 0 spiro atoms. The molecule has 1 aromatic rings. The van der Waals surface area contributed by atoms with Gasteiger partial charge in [-0.15, -0.1) is 0 Å². The zero-order valence-corrected chi connectivity index (χ0v) is 9.25. The fourth-order valence-corrected chi connectivity index (χ4v) is 1.91. The lowest BCUT2D eigenvalue weighted by Crippen LogP contribution is -2.32. The molecule has 78 valence electrons. The molecule has 1 atom stereocenters. The van der Waals surface area contributed by atoms with Gasteiger partial charge in [-0.1, -0.05) is 0 Å². The summed E-state index contributed by atoms with van der Waals surface area (Å²) >= 11 is 0. The summed E-state index contributed by atoms with van der Waals surface area (Å²) in [5.41, 5.74) is 2.45. The Balaban J connectivity index is 2.04. The first-order valence-electron chi connectivity index (χ1n) is 5.38. The molecular formula is C11H19N3. The van der Waals surface area contributed by atoms with Crippen molar-refractivity contribution in [2.45, 2.75) is 39.3 Å². The van der Waals surface area contributed by atoms with E-state index in [1.807, 2.05) is 6.33 Å². The van der Waals surface area contributed by atoms with Crippen LogP contribution in [0.3, 0.4) is 0 Å². The number of hydrogen-bond donors (Lipinski definition) is 1. The number of aryl methyl sites for hydroxylation is 1. The molecule has 1 N–H and O–H groups in total. The number of hydrogen-bond acceptors (Lipinski definition) is 2. The molecule has 1 fully saturated rings. The van der Waals surface area contributed by atoms with Crippen LogP contribution in [0.5, 0.6) is 0 Å². The Kier molecular flexibility index (Phi) is 2.59. The van der Waals surface area contributed by atoms with Crippen molar-refractivity contribution in [2.24, 2.45) is 5.92 Å². The molecule has 1 unspecified atom stereocenters. The van der Waals surface area contributed by atoms with Crippen LogP contribution in [0.2, 0.25) is 0 Å². The second-order valence-electron chi connectivity index (χ2n) is 4.30. The van der Waals surface area contributed by atoms with Crippen LogP contribution < -0.4 is 5.32 Å². The molecule has 1 saturated carbocycles. The monoisotopic (exact) mass is 193 g/mol. The summed E-state index contributed by atoms with van der Waals surface area (Å²) in [7, 11) is 2.06. The number of aromatic nitrogens is 2. The second kappa shape index (κ2) is 3.73. The normalized spacial score (nSPS) is 18.5. The Hall–Kier alpha value is -0.830. The highest BCUT2D eigenvalue weighted by Crippen LogP contribution is 2.33. The zero-order valence-electron chi connectivity index (χ0n) is 9.25. The Morgan fingerprint density at radius 1 is 1.57 bits per heavy atom. The number of imidazole rings is 1. The first-order chi connectivity index (χ1) is 6.72. The number of nitrogens with zero attached hydrogens (tertiary/aromatic N) is 2. The first-order valence-corrected chi connectivity index (χ1v) is 5.38. The molecule has 3 heteroatoms. The maximum absolute atomic E-state index is 4.32. The van der Waals surface area contributed by atoms with Gasteiger partial charge in [0.2, 0.25) is 0 Å². The molecule has 0 bridgehead atoms. The molecule has 0 radical (unpaired) electrons. The minimum atomic E-state index is 0.627. The summed E-state index contributed by atoms with van der Waals surface area (Å²) in [6.45, 7) is 5.27. The summed E-state index contributed by atoms with van der Waals surface area (Å²) in [5, 5.41) is 3.40. The van der Waals surface area contributed by atoms with Crippen molar-refractivity contribution in [2.75, 3.05) is 7.05 Å². The molecule has 1 heterocycles. The van der Waals surface area contributed by atoms with E-state index in [0.717, 1.165) is 18.2 Å². The lowest BCUT2D eigenvalue weighted by Gasteiger charge is -2.16. The first kappa shape index (κ1) is 9.71. The van der Waals surface area contributed by atoms with Crippen molar-refractivity contribution in [3.8, 4) is 0 Å². The van der Waals surface area contributed by atoms with E-state index in [1.54, 1.807) is 0 Å². The van der Waals surface area contributed by atoms with Crippen molar-refractivity contribution in [3.63, 3.8) is 0 Å². The third-order valence-corrected chi connectivity index (χ3v) is 3.30. The maximum Gasteiger partial charge on any atom is 0.0951 e. The van der Waals surface area contributed by atoms with Crippen LogP contribution in [0.25, 0.3) is 0 Å². The van der Waals surface area contributed by atoms with Gasteiger partial charge in [0, 0.05) is 18.3 Å². The third-order valence-electron chi connectivity index (χ3n) is 3.30. The SMILES string of the molecule is CNC(Cn1cnc(C)c1C)C1CC1. The highest BCUT2D eigenvalue weighted by atomic mass is 15.1. The van der Waals surface area contributed by atoms with E-state index < -0.39 is 0 Å². The molecule has 1 aliphatic rings. The van der Waals surface area contributed by atoms with Crippen LogP contribution in [0.4, 0.5) is 0 Å². The van der Waals surface area contributed by atoms with Gasteiger partial charge in [-0.25, -0.2) is 4.98 Å². The Labute approximate surface area is 85.5 Å². The molecule has 1 aliphatic carbocycles. The van der Waals surface area contributed by atoms with E-state index in [1.165, 1.54) is 18.5 Å². The number of likely N-dealkylation sites (N-methyl/N-ethyl adjacent to an activating group) is 1. The molecular weight excluding hydrogens is 174 g/mol. The zero-order chi connectivity index (χ0) is 10.1. The van der Waals surface area contributed by atoms with Crippen LogP contribution in [0.15, 0.2) is 6.33 Å².